The largest absolute Gasteiger partial charge is 0.393 e. The van der Waals surface area contributed by atoms with Gasteiger partial charge in [0.2, 0.25) is 0 Å². The molecule has 1 aromatic carbocycles. The van der Waals surface area contributed by atoms with Crippen molar-refractivity contribution in [1.29, 1.82) is 0 Å². The fourth-order valence-corrected chi connectivity index (χ4v) is 2.10. The van der Waals surface area contributed by atoms with E-state index < -0.39 is 0 Å². The van der Waals surface area contributed by atoms with Crippen LogP contribution in [0.4, 0.5) is 17.3 Å². The van der Waals surface area contributed by atoms with Crippen LogP contribution >= 0.6 is 15.9 Å². The van der Waals surface area contributed by atoms with Crippen molar-refractivity contribution in [3.05, 3.63) is 53.3 Å². The molecular weight excluding hydrogens is 348 g/mol. The number of hydrazine groups is 1. The molecular formula is C14H15BrN6O. The molecule has 0 aliphatic rings. The van der Waals surface area contributed by atoms with Crippen LogP contribution in [-0.4, -0.2) is 22.4 Å². The van der Waals surface area contributed by atoms with Crippen LogP contribution < -0.4 is 21.9 Å². The molecule has 0 saturated heterocycles. The average molecular weight is 363 g/mol. The summed E-state index contributed by atoms with van der Waals surface area (Å²) in [6, 6.07) is 7.08. The predicted octanol–water partition coefficient (Wildman–Crippen LogP) is 2.18. The Morgan fingerprint density at radius 3 is 2.77 bits per heavy atom. The molecule has 114 valence electrons. The van der Waals surface area contributed by atoms with E-state index in [4.69, 9.17) is 5.73 Å². The standard InChI is InChI=1S/C14H15BrN6O/c1-2-7-17-12-11(16)13(19-8-18-12)20-21-14(22)9-5-3-4-6-10(9)15/h2-6,8H,1,7,16H2,(H,21,22)(H2,17,18,19,20). The minimum absolute atomic E-state index is 0.303. The van der Waals surface area contributed by atoms with Crippen molar-refractivity contribution in [2.24, 2.45) is 0 Å². The molecule has 0 bridgehead atoms. The molecule has 5 N–H and O–H groups in total. The molecule has 7 nitrogen and oxygen atoms in total. The molecule has 0 radical (unpaired) electrons. The SMILES string of the molecule is C=CCNc1ncnc(NNC(=O)c2ccccc2Br)c1N. The number of amides is 1. The van der Waals surface area contributed by atoms with Crippen LogP contribution in [0.1, 0.15) is 10.4 Å². The molecule has 0 spiro atoms. The second kappa shape index (κ2) is 7.41. The highest BCUT2D eigenvalue weighted by Crippen LogP contribution is 2.21. The summed E-state index contributed by atoms with van der Waals surface area (Å²) in [6.45, 7) is 4.12. The molecule has 8 heteroatoms. The van der Waals surface area contributed by atoms with Gasteiger partial charge in [-0.3, -0.25) is 15.6 Å². The molecule has 0 aliphatic carbocycles. The van der Waals surface area contributed by atoms with Gasteiger partial charge in [0.1, 0.15) is 12.0 Å². The molecule has 0 aliphatic heterocycles. The van der Waals surface area contributed by atoms with E-state index in [9.17, 15) is 4.79 Å². The van der Waals surface area contributed by atoms with Crippen LogP contribution in [0, 0.1) is 0 Å². The second-order valence-electron chi connectivity index (χ2n) is 4.21. The second-order valence-corrected chi connectivity index (χ2v) is 5.07. The molecule has 1 amide bonds. The third-order valence-corrected chi connectivity index (χ3v) is 3.40. The molecule has 22 heavy (non-hydrogen) atoms. The van der Waals surface area contributed by atoms with Gasteiger partial charge in [-0.15, -0.1) is 6.58 Å². The number of nitrogen functional groups attached to an aromatic ring is 1. The smallest absolute Gasteiger partial charge is 0.270 e. The fraction of sp³-hybridized carbons (Fsp3) is 0.0714. The van der Waals surface area contributed by atoms with E-state index in [2.05, 4.69) is 48.6 Å². The monoisotopic (exact) mass is 362 g/mol. The Morgan fingerprint density at radius 2 is 2.05 bits per heavy atom. The number of rotatable bonds is 6. The van der Waals surface area contributed by atoms with E-state index in [0.29, 0.717) is 33.9 Å². The number of carbonyl (C=O) groups is 1. The van der Waals surface area contributed by atoms with Gasteiger partial charge in [-0.05, 0) is 28.1 Å². The maximum atomic E-state index is 12.1. The number of hydrogen-bond donors (Lipinski definition) is 4. The predicted molar refractivity (Wildman–Crippen MR) is 90.4 cm³/mol. The molecule has 0 atom stereocenters. The van der Waals surface area contributed by atoms with Crippen molar-refractivity contribution in [1.82, 2.24) is 15.4 Å². The van der Waals surface area contributed by atoms with Gasteiger partial charge in [0.25, 0.3) is 5.91 Å². The molecule has 2 rings (SSSR count). The summed E-state index contributed by atoms with van der Waals surface area (Å²) in [4.78, 5) is 20.1. The zero-order valence-electron chi connectivity index (χ0n) is 11.6. The van der Waals surface area contributed by atoms with Crippen LogP contribution in [0.25, 0.3) is 0 Å². The van der Waals surface area contributed by atoms with Crippen molar-refractivity contribution in [3.63, 3.8) is 0 Å². The van der Waals surface area contributed by atoms with Crippen LogP contribution in [0.15, 0.2) is 47.7 Å². The highest BCUT2D eigenvalue weighted by Gasteiger charge is 2.11. The minimum Gasteiger partial charge on any atom is -0.393 e. The zero-order valence-corrected chi connectivity index (χ0v) is 13.2. The number of hydrogen-bond acceptors (Lipinski definition) is 6. The number of benzene rings is 1. The first-order valence-electron chi connectivity index (χ1n) is 6.39. The van der Waals surface area contributed by atoms with Gasteiger partial charge in [-0.25, -0.2) is 9.97 Å². The van der Waals surface area contributed by atoms with Crippen LogP contribution in [0.3, 0.4) is 0 Å². The zero-order chi connectivity index (χ0) is 15.9. The Morgan fingerprint density at radius 1 is 1.32 bits per heavy atom. The van der Waals surface area contributed by atoms with Gasteiger partial charge in [-0.1, -0.05) is 18.2 Å². The normalized spacial score (nSPS) is 9.86. The third-order valence-electron chi connectivity index (χ3n) is 2.71. The summed E-state index contributed by atoms with van der Waals surface area (Å²) in [5, 5.41) is 2.98. The number of aromatic nitrogens is 2. The number of nitrogens with zero attached hydrogens (tertiary/aromatic N) is 2. The number of halogens is 1. The van der Waals surface area contributed by atoms with Crippen LogP contribution in [0.5, 0.6) is 0 Å². The van der Waals surface area contributed by atoms with E-state index in [1.54, 1.807) is 24.3 Å². The third kappa shape index (κ3) is 3.73. The van der Waals surface area contributed by atoms with Crippen molar-refractivity contribution < 1.29 is 4.79 Å². The number of nitrogens with two attached hydrogens (primary N) is 1. The van der Waals surface area contributed by atoms with E-state index in [0.717, 1.165) is 0 Å². The van der Waals surface area contributed by atoms with Crippen molar-refractivity contribution in [2.45, 2.75) is 0 Å². The summed E-state index contributed by atoms with van der Waals surface area (Å²) < 4.78 is 0.693. The Bertz CT molecular complexity index is 691. The lowest BCUT2D eigenvalue weighted by Crippen LogP contribution is -2.30. The van der Waals surface area contributed by atoms with Crippen molar-refractivity contribution in [3.8, 4) is 0 Å². The van der Waals surface area contributed by atoms with Crippen LogP contribution in [0.2, 0.25) is 0 Å². The highest BCUT2D eigenvalue weighted by atomic mass is 79.9. The first-order valence-corrected chi connectivity index (χ1v) is 7.19. The summed E-state index contributed by atoms with van der Waals surface area (Å²) in [6.07, 6.45) is 3.03. The van der Waals surface area contributed by atoms with E-state index in [-0.39, 0.29) is 5.91 Å². The van der Waals surface area contributed by atoms with Gasteiger partial charge >= 0.3 is 0 Å². The lowest BCUT2D eigenvalue weighted by Gasteiger charge is -2.12. The van der Waals surface area contributed by atoms with Gasteiger partial charge < -0.3 is 11.1 Å². The van der Waals surface area contributed by atoms with Gasteiger partial charge in [0, 0.05) is 11.0 Å². The molecule has 2 aromatic rings. The Labute approximate surface area is 136 Å². The van der Waals surface area contributed by atoms with Gasteiger partial charge in [0.05, 0.1) is 5.56 Å². The number of anilines is 3. The van der Waals surface area contributed by atoms with Crippen molar-refractivity contribution in [2.75, 3.05) is 23.0 Å². The summed E-state index contributed by atoms with van der Waals surface area (Å²) in [5.74, 6) is 0.459. The number of carbonyl (C=O) groups excluding carboxylic acids is 1. The topological polar surface area (TPSA) is 105 Å². The Hall–Kier alpha value is -2.61. The van der Waals surface area contributed by atoms with E-state index in [1.807, 2.05) is 6.07 Å². The van der Waals surface area contributed by atoms with Crippen molar-refractivity contribution >= 4 is 39.2 Å². The minimum atomic E-state index is -0.314. The van der Waals surface area contributed by atoms with Gasteiger partial charge in [-0.2, -0.15) is 0 Å². The summed E-state index contributed by atoms with van der Waals surface area (Å²) in [7, 11) is 0. The highest BCUT2D eigenvalue weighted by molar-refractivity contribution is 9.10. The Balaban J connectivity index is 2.07. The molecule has 1 heterocycles. The molecule has 0 saturated carbocycles. The fourth-order valence-electron chi connectivity index (χ4n) is 1.63. The van der Waals surface area contributed by atoms with E-state index >= 15 is 0 Å². The summed E-state index contributed by atoms with van der Waals surface area (Å²) >= 11 is 3.32. The first-order chi connectivity index (χ1) is 10.6. The molecule has 0 fully saturated rings. The molecule has 0 unspecified atom stereocenters. The van der Waals surface area contributed by atoms with Crippen LogP contribution in [-0.2, 0) is 0 Å². The average Bonchev–Trinajstić information content (AvgIpc) is 2.53. The van der Waals surface area contributed by atoms with Gasteiger partial charge in [0.15, 0.2) is 11.6 Å². The van der Waals surface area contributed by atoms with E-state index in [1.165, 1.54) is 6.33 Å². The maximum Gasteiger partial charge on any atom is 0.270 e. The molecule has 1 aromatic heterocycles. The first kappa shape index (κ1) is 15.8. The maximum absolute atomic E-state index is 12.1. The number of nitrogens with one attached hydrogen (secondary N) is 3. The lowest BCUT2D eigenvalue weighted by molar-refractivity contribution is 0.0962. The summed E-state index contributed by atoms with van der Waals surface area (Å²) in [5.41, 5.74) is 12.0. The quantitative estimate of drug-likeness (QED) is 0.463. The Kier molecular flexibility index (Phi) is 5.31. The lowest BCUT2D eigenvalue weighted by atomic mass is 10.2.